The third-order valence-corrected chi connectivity index (χ3v) is 11.7. The van der Waals surface area contributed by atoms with E-state index < -0.39 is 0 Å². The number of fused-ring (bicyclic) bond motifs is 12. The van der Waals surface area contributed by atoms with Crippen LogP contribution < -0.4 is 0 Å². The van der Waals surface area contributed by atoms with E-state index in [9.17, 15) is 0 Å². The minimum atomic E-state index is 0.670. The van der Waals surface area contributed by atoms with Crippen LogP contribution in [-0.4, -0.2) is 19.1 Å². The molecule has 52 heavy (non-hydrogen) atoms. The van der Waals surface area contributed by atoms with Gasteiger partial charge in [-0.15, -0.1) is 11.3 Å². The van der Waals surface area contributed by atoms with Crippen LogP contribution in [0.1, 0.15) is 0 Å². The summed E-state index contributed by atoms with van der Waals surface area (Å²) in [5.74, 6) is 0.670. The molecule has 5 nitrogen and oxygen atoms in total. The molecule has 0 fully saturated rings. The smallest absolute Gasteiger partial charge is 0.162 e. The van der Waals surface area contributed by atoms with Gasteiger partial charge in [-0.1, -0.05) is 91.0 Å². The molecule has 0 atom stereocenters. The lowest BCUT2D eigenvalue weighted by atomic mass is 10.0. The van der Waals surface area contributed by atoms with Crippen molar-refractivity contribution < 1.29 is 4.42 Å². The van der Waals surface area contributed by atoms with Crippen LogP contribution in [0.5, 0.6) is 0 Å². The number of rotatable bonds is 3. The summed E-state index contributed by atoms with van der Waals surface area (Å²) < 4.78 is 13.4. The Morgan fingerprint density at radius 3 is 1.71 bits per heavy atom. The second-order valence-corrected chi connectivity index (χ2v) is 14.4. The Bertz CT molecular complexity index is 3330. The van der Waals surface area contributed by atoms with Gasteiger partial charge in [-0.05, 0) is 60.7 Å². The third kappa shape index (κ3) is 3.76. The van der Waals surface area contributed by atoms with Gasteiger partial charge in [-0.2, -0.15) is 0 Å². The highest BCUT2D eigenvalue weighted by molar-refractivity contribution is 7.25. The van der Waals surface area contributed by atoms with Crippen molar-refractivity contribution in [2.24, 2.45) is 0 Å². The zero-order chi connectivity index (χ0) is 33.9. The topological polar surface area (TPSA) is 48.8 Å². The van der Waals surface area contributed by atoms with Crippen LogP contribution in [0.4, 0.5) is 0 Å². The number of aromatic nitrogens is 4. The van der Waals surface area contributed by atoms with E-state index in [0.29, 0.717) is 5.82 Å². The fourth-order valence-corrected chi connectivity index (χ4v) is 9.41. The van der Waals surface area contributed by atoms with Gasteiger partial charge in [0.2, 0.25) is 0 Å². The van der Waals surface area contributed by atoms with Crippen molar-refractivity contribution in [3.05, 3.63) is 158 Å². The van der Waals surface area contributed by atoms with Crippen molar-refractivity contribution in [3.8, 4) is 22.8 Å². The summed E-state index contributed by atoms with van der Waals surface area (Å²) in [5.41, 5.74) is 10.3. The van der Waals surface area contributed by atoms with Crippen LogP contribution in [0.15, 0.2) is 162 Å². The number of hydrogen-bond donors (Lipinski definition) is 0. The van der Waals surface area contributed by atoms with Gasteiger partial charge in [0.05, 0.1) is 43.5 Å². The van der Waals surface area contributed by atoms with Crippen LogP contribution in [-0.2, 0) is 0 Å². The van der Waals surface area contributed by atoms with Crippen LogP contribution >= 0.6 is 11.3 Å². The Hall–Kier alpha value is -6.76. The second-order valence-electron chi connectivity index (χ2n) is 13.4. The summed E-state index contributed by atoms with van der Waals surface area (Å²) in [5, 5.41) is 8.08. The second kappa shape index (κ2) is 10.4. The maximum atomic E-state index is 6.47. The predicted octanol–water partition coefficient (Wildman–Crippen LogP) is 12.6. The molecule has 0 aliphatic rings. The van der Waals surface area contributed by atoms with Crippen molar-refractivity contribution in [3.63, 3.8) is 0 Å². The number of furan rings is 1. The summed E-state index contributed by atoms with van der Waals surface area (Å²) in [7, 11) is 0. The van der Waals surface area contributed by atoms with Gasteiger partial charge in [0, 0.05) is 54.3 Å². The Morgan fingerprint density at radius 2 is 1.06 bits per heavy atom. The summed E-state index contributed by atoms with van der Waals surface area (Å²) in [6, 6.07) is 53.8. The summed E-state index contributed by atoms with van der Waals surface area (Å²) in [4.78, 5) is 10.6. The molecule has 0 saturated heterocycles. The van der Waals surface area contributed by atoms with E-state index in [1.54, 1.807) is 11.3 Å². The first-order valence-electron chi connectivity index (χ1n) is 17.4. The first-order chi connectivity index (χ1) is 25.8. The van der Waals surface area contributed by atoms with Crippen molar-refractivity contribution in [2.75, 3.05) is 0 Å². The molecule has 7 aromatic carbocycles. The maximum absolute atomic E-state index is 6.47. The Labute approximate surface area is 300 Å². The van der Waals surface area contributed by atoms with E-state index in [-0.39, 0.29) is 0 Å². The highest BCUT2D eigenvalue weighted by Crippen LogP contribution is 2.44. The molecule has 0 saturated carbocycles. The van der Waals surface area contributed by atoms with Gasteiger partial charge in [-0.25, -0.2) is 9.97 Å². The van der Waals surface area contributed by atoms with Crippen LogP contribution in [0, 0.1) is 0 Å². The molecule has 0 amide bonds. The molecule has 0 bridgehead atoms. The molecule has 0 aliphatic carbocycles. The number of thiophene rings is 1. The van der Waals surface area contributed by atoms with Gasteiger partial charge in [0.25, 0.3) is 0 Å². The van der Waals surface area contributed by atoms with Crippen molar-refractivity contribution in [1.29, 1.82) is 0 Å². The third-order valence-electron chi connectivity index (χ3n) is 10.6. The average molecular weight is 683 g/mol. The fraction of sp³-hybridized carbons (Fsp3) is 0. The van der Waals surface area contributed by atoms with Crippen molar-refractivity contribution in [2.45, 2.75) is 0 Å². The Kier molecular flexibility index (Phi) is 5.59. The first kappa shape index (κ1) is 28.0. The summed E-state index contributed by atoms with van der Waals surface area (Å²) in [6.07, 6.45) is 2.00. The zero-order valence-electron chi connectivity index (χ0n) is 27.6. The van der Waals surface area contributed by atoms with Crippen LogP contribution in [0.25, 0.3) is 109 Å². The van der Waals surface area contributed by atoms with E-state index >= 15 is 0 Å². The van der Waals surface area contributed by atoms with E-state index in [1.165, 1.54) is 37.3 Å². The molecular formula is C46H26N4OS. The van der Waals surface area contributed by atoms with Crippen molar-refractivity contribution in [1.82, 2.24) is 19.1 Å². The number of para-hydroxylation sites is 5. The molecule has 12 rings (SSSR count). The molecule has 0 N–H and O–H groups in total. The molecule has 6 heteroatoms. The molecule has 5 heterocycles. The molecule has 12 aromatic rings. The van der Waals surface area contributed by atoms with Crippen LogP contribution in [0.2, 0.25) is 0 Å². The minimum Gasteiger partial charge on any atom is -0.456 e. The normalized spacial score (nSPS) is 12.2. The Morgan fingerprint density at radius 1 is 0.481 bits per heavy atom. The van der Waals surface area contributed by atoms with E-state index in [4.69, 9.17) is 14.4 Å². The standard InChI is InChI=1S/C46H26N4OS/c1-6-16-34-28(11-1)29-12-2-7-17-35(29)49(34)27-21-24-41-33(25-27)45-42(52-41)26-47-46(48-45)44-38(22-23-40-43(44)32-15-5-10-20-39(32)51-40)50-36-18-8-3-13-30(36)31-14-4-9-19-37(31)50/h1-26H. The molecular weight excluding hydrogens is 657 g/mol. The average Bonchev–Trinajstić information content (AvgIpc) is 3.95. The monoisotopic (exact) mass is 682 g/mol. The SMILES string of the molecule is c1ccc2c(c1)oc1ccc(-n3c4ccccc4c4ccccc43)c(-c3ncc4sc5ccc(-n6c7ccccc7c7ccccc76)cc5c4n3)c12. The van der Waals surface area contributed by atoms with Gasteiger partial charge >= 0.3 is 0 Å². The van der Waals surface area contributed by atoms with Gasteiger partial charge in [0.15, 0.2) is 5.82 Å². The lowest BCUT2D eigenvalue weighted by Crippen LogP contribution is -2.00. The van der Waals surface area contributed by atoms with Gasteiger partial charge in [-0.3, -0.25) is 0 Å². The summed E-state index contributed by atoms with van der Waals surface area (Å²) in [6.45, 7) is 0. The molecule has 0 aliphatic heterocycles. The quantitative estimate of drug-likeness (QED) is 0.186. The highest BCUT2D eigenvalue weighted by atomic mass is 32.1. The first-order valence-corrected chi connectivity index (χ1v) is 18.2. The Balaban J connectivity index is 1.17. The maximum Gasteiger partial charge on any atom is 0.162 e. The molecule has 0 unspecified atom stereocenters. The lowest BCUT2D eigenvalue weighted by Gasteiger charge is -2.14. The highest BCUT2D eigenvalue weighted by Gasteiger charge is 2.23. The molecule has 242 valence electrons. The van der Waals surface area contributed by atoms with E-state index in [2.05, 4.69) is 149 Å². The number of benzene rings is 7. The molecule has 0 radical (unpaired) electrons. The largest absolute Gasteiger partial charge is 0.456 e. The number of hydrogen-bond acceptors (Lipinski definition) is 4. The predicted molar refractivity (Wildman–Crippen MR) is 216 cm³/mol. The van der Waals surface area contributed by atoms with Crippen molar-refractivity contribution >= 4 is 97.2 Å². The lowest BCUT2D eigenvalue weighted by molar-refractivity contribution is 0.669. The minimum absolute atomic E-state index is 0.670. The zero-order valence-corrected chi connectivity index (χ0v) is 28.4. The van der Waals surface area contributed by atoms with Gasteiger partial charge in [0.1, 0.15) is 11.2 Å². The summed E-state index contributed by atoms with van der Waals surface area (Å²) >= 11 is 1.73. The fourth-order valence-electron chi connectivity index (χ4n) is 8.41. The van der Waals surface area contributed by atoms with E-state index in [1.807, 2.05) is 18.3 Å². The molecule has 5 aromatic heterocycles. The van der Waals surface area contributed by atoms with Gasteiger partial charge < -0.3 is 13.6 Å². The van der Waals surface area contributed by atoms with E-state index in [0.717, 1.165) is 65.5 Å². The number of nitrogens with zero attached hydrogens (tertiary/aromatic N) is 4. The molecule has 0 spiro atoms. The van der Waals surface area contributed by atoms with Crippen LogP contribution in [0.3, 0.4) is 0 Å².